The number of nitrogens with zero attached hydrogens (tertiary/aromatic N) is 4. The predicted molar refractivity (Wildman–Crippen MR) is 74.0 cm³/mol. The summed E-state index contributed by atoms with van der Waals surface area (Å²) < 4.78 is 0. The van der Waals surface area contributed by atoms with E-state index in [0.717, 1.165) is 50.7 Å². The fourth-order valence-corrected chi connectivity index (χ4v) is 2.44. The monoisotopic (exact) mass is 260 g/mol. The Balaban J connectivity index is 2.10. The van der Waals surface area contributed by atoms with Crippen molar-refractivity contribution >= 4 is 5.82 Å². The highest BCUT2D eigenvalue weighted by molar-refractivity contribution is 5.46. The number of hydrogen-bond acceptors (Lipinski definition) is 5. The lowest BCUT2D eigenvalue weighted by Gasteiger charge is -2.22. The molecule has 0 spiro atoms. The first-order chi connectivity index (χ1) is 9.22. The normalized spacial score (nSPS) is 17.0. The Hall–Kier alpha value is -1.64. The lowest BCUT2D eigenvalue weighted by atomic mass is 10.2. The summed E-state index contributed by atoms with van der Waals surface area (Å²) in [4.78, 5) is 9.02. The van der Waals surface area contributed by atoms with Gasteiger partial charge in [-0.1, -0.05) is 0 Å². The lowest BCUT2D eigenvalue weighted by Crippen LogP contribution is -2.32. The number of β-amino-alcohol motifs (C(OH)–C–C–N with tert-alkyl or cyclic N) is 1. The fourth-order valence-electron chi connectivity index (χ4n) is 2.44. The summed E-state index contributed by atoms with van der Waals surface area (Å²) in [7, 11) is 0. The van der Waals surface area contributed by atoms with Crippen LogP contribution in [0.1, 0.15) is 17.7 Å². The second-order valence-corrected chi connectivity index (χ2v) is 4.87. The number of rotatable bonds is 3. The van der Waals surface area contributed by atoms with Gasteiger partial charge in [0, 0.05) is 31.9 Å². The number of pyridine rings is 1. The van der Waals surface area contributed by atoms with Gasteiger partial charge in [0.15, 0.2) is 0 Å². The van der Waals surface area contributed by atoms with Crippen LogP contribution in [0.4, 0.5) is 5.82 Å². The van der Waals surface area contributed by atoms with E-state index in [9.17, 15) is 0 Å². The largest absolute Gasteiger partial charge is 0.395 e. The molecule has 2 heterocycles. The summed E-state index contributed by atoms with van der Waals surface area (Å²) >= 11 is 0. The minimum Gasteiger partial charge on any atom is -0.395 e. The molecule has 0 radical (unpaired) electrons. The Kier molecular flexibility index (Phi) is 4.72. The van der Waals surface area contributed by atoms with Crippen LogP contribution in [-0.4, -0.2) is 54.3 Å². The van der Waals surface area contributed by atoms with Crippen LogP contribution in [0, 0.1) is 18.3 Å². The molecule has 0 unspecified atom stereocenters. The molecule has 0 bridgehead atoms. The van der Waals surface area contributed by atoms with Crippen LogP contribution in [0.25, 0.3) is 0 Å². The molecule has 0 atom stereocenters. The SMILES string of the molecule is Cc1cc(C#N)cc(N2CCCN(CCO)CC2)n1. The first kappa shape index (κ1) is 13.8. The van der Waals surface area contributed by atoms with E-state index in [1.54, 1.807) is 6.07 Å². The average molecular weight is 260 g/mol. The van der Waals surface area contributed by atoms with E-state index in [4.69, 9.17) is 10.4 Å². The zero-order chi connectivity index (χ0) is 13.7. The number of aromatic nitrogens is 1. The second kappa shape index (κ2) is 6.50. The van der Waals surface area contributed by atoms with Crippen molar-refractivity contribution < 1.29 is 5.11 Å². The quantitative estimate of drug-likeness (QED) is 0.869. The van der Waals surface area contributed by atoms with Crippen molar-refractivity contribution in [3.63, 3.8) is 0 Å². The van der Waals surface area contributed by atoms with Crippen molar-refractivity contribution in [3.8, 4) is 6.07 Å². The predicted octanol–water partition coefficient (Wildman–Crippen LogP) is 0.766. The molecule has 1 saturated heterocycles. The summed E-state index contributed by atoms with van der Waals surface area (Å²) in [6, 6.07) is 5.84. The number of aliphatic hydroxyl groups is 1. The second-order valence-electron chi connectivity index (χ2n) is 4.87. The number of nitriles is 1. The van der Waals surface area contributed by atoms with Gasteiger partial charge >= 0.3 is 0 Å². The van der Waals surface area contributed by atoms with Gasteiger partial charge < -0.3 is 10.0 Å². The Morgan fingerprint density at radius 2 is 2.16 bits per heavy atom. The van der Waals surface area contributed by atoms with Crippen LogP contribution in [0.3, 0.4) is 0 Å². The summed E-state index contributed by atoms with van der Waals surface area (Å²) in [5.74, 6) is 0.891. The molecule has 19 heavy (non-hydrogen) atoms. The van der Waals surface area contributed by atoms with Crippen molar-refractivity contribution in [1.29, 1.82) is 5.26 Å². The standard InChI is InChI=1S/C14H20N4O/c1-12-9-13(11-15)10-14(16-12)18-4-2-3-17(5-6-18)7-8-19/h9-10,19H,2-8H2,1H3. The van der Waals surface area contributed by atoms with Crippen LogP contribution in [0.2, 0.25) is 0 Å². The molecule has 1 aliphatic heterocycles. The van der Waals surface area contributed by atoms with E-state index < -0.39 is 0 Å². The van der Waals surface area contributed by atoms with Gasteiger partial charge in [0.1, 0.15) is 5.82 Å². The molecule has 0 saturated carbocycles. The van der Waals surface area contributed by atoms with Gasteiger partial charge in [0.2, 0.25) is 0 Å². The van der Waals surface area contributed by atoms with Crippen LogP contribution >= 0.6 is 0 Å². The van der Waals surface area contributed by atoms with Gasteiger partial charge in [-0.3, -0.25) is 4.90 Å². The molecular weight excluding hydrogens is 240 g/mol. The van der Waals surface area contributed by atoms with E-state index in [-0.39, 0.29) is 6.61 Å². The van der Waals surface area contributed by atoms with Gasteiger partial charge in [0.25, 0.3) is 0 Å². The topological polar surface area (TPSA) is 63.4 Å². The van der Waals surface area contributed by atoms with E-state index in [0.29, 0.717) is 5.56 Å². The number of hydrogen-bond donors (Lipinski definition) is 1. The average Bonchev–Trinajstić information content (AvgIpc) is 2.64. The number of aryl methyl sites for hydroxylation is 1. The van der Waals surface area contributed by atoms with Crippen molar-refractivity contribution in [1.82, 2.24) is 9.88 Å². The third kappa shape index (κ3) is 3.66. The fraction of sp³-hybridized carbons (Fsp3) is 0.571. The Bertz CT molecular complexity index is 469. The summed E-state index contributed by atoms with van der Waals surface area (Å²) in [5.41, 5.74) is 1.55. The third-order valence-corrected chi connectivity index (χ3v) is 3.40. The highest BCUT2D eigenvalue weighted by atomic mass is 16.3. The highest BCUT2D eigenvalue weighted by Crippen LogP contribution is 2.16. The van der Waals surface area contributed by atoms with E-state index in [2.05, 4.69) is 20.9 Å². The molecular formula is C14H20N4O. The maximum atomic E-state index is 9.02. The summed E-state index contributed by atoms with van der Waals surface area (Å²) in [5, 5.41) is 18.0. The molecule has 5 nitrogen and oxygen atoms in total. The van der Waals surface area contributed by atoms with Crippen molar-refractivity contribution in [2.45, 2.75) is 13.3 Å². The first-order valence-corrected chi connectivity index (χ1v) is 6.70. The molecule has 0 aliphatic carbocycles. The number of anilines is 1. The van der Waals surface area contributed by atoms with Crippen LogP contribution in [-0.2, 0) is 0 Å². The molecule has 1 N–H and O–H groups in total. The highest BCUT2D eigenvalue weighted by Gasteiger charge is 2.16. The Labute approximate surface area is 114 Å². The molecule has 1 aromatic rings. The molecule has 102 valence electrons. The molecule has 5 heteroatoms. The van der Waals surface area contributed by atoms with Crippen LogP contribution < -0.4 is 4.90 Å². The minimum atomic E-state index is 0.210. The zero-order valence-corrected chi connectivity index (χ0v) is 11.3. The summed E-state index contributed by atoms with van der Waals surface area (Å²) in [6.07, 6.45) is 1.05. The van der Waals surface area contributed by atoms with Crippen LogP contribution in [0.15, 0.2) is 12.1 Å². The van der Waals surface area contributed by atoms with Gasteiger partial charge in [-0.05, 0) is 32.0 Å². The maximum absolute atomic E-state index is 9.02. The molecule has 1 aliphatic rings. The minimum absolute atomic E-state index is 0.210. The first-order valence-electron chi connectivity index (χ1n) is 6.70. The van der Waals surface area contributed by atoms with Gasteiger partial charge in [-0.25, -0.2) is 4.98 Å². The van der Waals surface area contributed by atoms with E-state index in [1.807, 2.05) is 13.0 Å². The Morgan fingerprint density at radius 1 is 1.32 bits per heavy atom. The molecule has 0 aromatic carbocycles. The molecule has 0 amide bonds. The van der Waals surface area contributed by atoms with Crippen molar-refractivity contribution in [2.75, 3.05) is 44.2 Å². The van der Waals surface area contributed by atoms with Gasteiger partial charge in [-0.15, -0.1) is 0 Å². The molecule has 1 fully saturated rings. The van der Waals surface area contributed by atoms with Gasteiger partial charge in [-0.2, -0.15) is 5.26 Å². The smallest absolute Gasteiger partial charge is 0.130 e. The third-order valence-electron chi connectivity index (χ3n) is 3.40. The summed E-state index contributed by atoms with van der Waals surface area (Å²) in [6.45, 7) is 6.64. The van der Waals surface area contributed by atoms with E-state index in [1.165, 1.54) is 0 Å². The van der Waals surface area contributed by atoms with Gasteiger partial charge in [0.05, 0.1) is 18.2 Å². The van der Waals surface area contributed by atoms with Crippen LogP contribution in [0.5, 0.6) is 0 Å². The van der Waals surface area contributed by atoms with Crippen molar-refractivity contribution in [3.05, 3.63) is 23.4 Å². The number of aliphatic hydroxyl groups excluding tert-OH is 1. The maximum Gasteiger partial charge on any atom is 0.130 e. The molecule has 1 aromatic heterocycles. The Morgan fingerprint density at radius 3 is 2.89 bits per heavy atom. The lowest BCUT2D eigenvalue weighted by molar-refractivity contribution is 0.204. The van der Waals surface area contributed by atoms with Crippen molar-refractivity contribution in [2.24, 2.45) is 0 Å². The zero-order valence-electron chi connectivity index (χ0n) is 11.3. The van der Waals surface area contributed by atoms with E-state index >= 15 is 0 Å². The molecule has 2 rings (SSSR count).